The Morgan fingerprint density at radius 1 is 1.32 bits per heavy atom. The molecule has 0 bridgehead atoms. The number of aryl methyl sites for hydroxylation is 1. The number of hydrogen-bond donors (Lipinski definition) is 1. The lowest BCUT2D eigenvalue weighted by molar-refractivity contribution is 0.0905. The number of nitrogens with one attached hydrogen (secondary N) is 1. The summed E-state index contributed by atoms with van der Waals surface area (Å²) in [4.78, 5) is 12.4. The van der Waals surface area contributed by atoms with Crippen LogP contribution in [-0.2, 0) is 4.74 Å². The summed E-state index contributed by atoms with van der Waals surface area (Å²) < 4.78 is 20.0. The number of benzene rings is 1. The van der Waals surface area contributed by atoms with Crippen molar-refractivity contribution in [3.05, 3.63) is 53.1 Å². The number of aromatic nitrogens is 1. The van der Waals surface area contributed by atoms with Crippen LogP contribution in [-0.4, -0.2) is 30.2 Å². The van der Waals surface area contributed by atoms with Gasteiger partial charge in [-0.1, -0.05) is 0 Å². The minimum absolute atomic E-state index is 0.0635. The van der Waals surface area contributed by atoms with Crippen LogP contribution in [0.4, 0.5) is 4.39 Å². The molecule has 0 saturated carbocycles. The van der Waals surface area contributed by atoms with E-state index < -0.39 is 0 Å². The summed E-state index contributed by atoms with van der Waals surface area (Å²) in [6.45, 7) is 6.15. The molecular weight excluding hydrogens is 283 g/mol. The molecule has 2 aromatic rings. The van der Waals surface area contributed by atoms with Gasteiger partial charge in [0, 0.05) is 30.2 Å². The number of nitrogens with zero attached hydrogens (tertiary/aromatic N) is 1. The summed E-state index contributed by atoms with van der Waals surface area (Å²) in [7, 11) is 1.60. The third-order valence-corrected chi connectivity index (χ3v) is 3.55. The van der Waals surface area contributed by atoms with Crippen LogP contribution >= 0.6 is 0 Å². The summed E-state index contributed by atoms with van der Waals surface area (Å²) in [5, 5.41) is 2.90. The van der Waals surface area contributed by atoms with Gasteiger partial charge in [0.1, 0.15) is 5.82 Å². The highest BCUT2D eigenvalue weighted by Gasteiger charge is 2.18. The highest BCUT2D eigenvalue weighted by atomic mass is 19.1. The molecule has 1 heterocycles. The van der Waals surface area contributed by atoms with Gasteiger partial charge >= 0.3 is 0 Å². The fourth-order valence-electron chi connectivity index (χ4n) is 2.57. The highest BCUT2D eigenvalue weighted by Crippen LogP contribution is 2.21. The summed E-state index contributed by atoms with van der Waals surface area (Å²) in [5.74, 6) is -0.413. The Labute approximate surface area is 129 Å². The first-order valence-electron chi connectivity index (χ1n) is 7.18. The molecule has 1 atom stereocenters. The Bertz CT molecular complexity index is 662. The monoisotopic (exact) mass is 304 g/mol. The minimum Gasteiger partial charge on any atom is -0.383 e. The van der Waals surface area contributed by atoms with Gasteiger partial charge in [0.15, 0.2) is 0 Å². The van der Waals surface area contributed by atoms with Gasteiger partial charge in [-0.05, 0) is 51.1 Å². The molecule has 5 heteroatoms. The number of amides is 1. The van der Waals surface area contributed by atoms with Gasteiger partial charge in [0.25, 0.3) is 5.91 Å². The normalized spacial score (nSPS) is 12.2. The van der Waals surface area contributed by atoms with Crippen LogP contribution in [0.5, 0.6) is 0 Å². The van der Waals surface area contributed by atoms with Gasteiger partial charge in [0.2, 0.25) is 0 Å². The molecule has 0 spiro atoms. The van der Waals surface area contributed by atoms with Gasteiger partial charge in [-0.25, -0.2) is 4.39 Å². The summed E-state index contributed by atoms with van der Waals surface area (Å²) >= 11 is 0. The van der Waals surface area contributed by atoms with E-state index in [1.54, 1.807) is 19.2 Å². The van der Waals surface area contributed by atoms with E-state index in [2.05, 4.69) is 5.32 Å². The van der Waals surface area contributed by atoms with Crippen LogP contribution in [0.3, 0.4) is 0 Å². The maximum absolute atomic E-state index is 13.1. The first kappa shape index (κ1) is 16.2. The van der Waals surface area contributed by atoms with Crippen molar-refractivity contribution in [3.63, 3.8) is 0 Å². The Kier molecular flexibility index (Phi) is 4.98. The zero-order valence-corrected chi connectivity index (χ0v) is 13.3. The molecule has 0 aliphatic heterocycles. The van der Waals surface area contributed by atoms with Crippen LogP contribution in [0.1, 0.15) is 28.7 Å². The molecule has 1 N–H and O–H groups in total. The standard InChI is InChI=1S/C17H21FN2O2/c1-11(10-22-4)19-17(21)16-9-12(2)20(13(16)3)15-7-5-14(18)6-8-15/h5-9,11H,10H2,1-4H3,(H,19,21)/t11-/m1/s1. The van der Waals surface area contributed by atoms with E-state index in [1.807, 2.05) is 31.4 Å². The number of ether oxygens (including phenoxy) is 1. The summed E-state index contributed by atoms with van der Waals surface area (Å²) in [6.07, 6.45) is 0. The number of halogens is 1. The van der Waals surface area contributed by atoms with Gasteiger partial charge in [-0.3, -0.25) is 4.79 Å². The highest BCUT2D eigenvalue weighted by molar-refractivity contribution is 5.96. The Morgan fingerprint density at radius 3 is 2.55 bits per heavy atom. The zero-order chi connectivity index (χ0) is 16.3. The molecule has 1 aromatic carbocycles. The van der Waals surface area contributed by atoms with Crippen molar-refractivity contribution in [2.24, 2.45) is 0 Å². The van der Waals surface area contributed by atoms with Gasteiger partial charge < -0.3 is 14.6 Å². The van der Waals surface area contributed by atoms with E-state index in [0.29, 0.717) is 12.2 Å². The second kappa shape index (κ2) is 6.75. The van der Waals surface area contributed by atoms with Gasteiger partial charge in [-0.15, -0.1) is 0 Å². The first-order chi connectivity index (χ1) is 10.4. The van der Waals surface area contributed by atoms with Gasteiger partial charge in [0.05, 0.1) is 12.2 Å². The van der Waals surface area contributed by atoms with Crippen LogP contribution in [0.15, 0.2) is 30.3 Å². The average Bonchev–Trinajstić information content (AvgIpc) is 2.75. The van der Waals surface area contributed by atoms with Crippen molar-refractivity contribution >= 4 is 5.91 Å². The Balaban J connectivity index is 2.31. The molecule has 1 amide bonds. The molecule has 22 heavy (non-hydrogen) atoms. The fraction of sp³-hybridized carbons (Fsp3) is 0.353. The molecule has 0 radical (unpaired) electrons. The molecule has 0 fully saturated rings. The van der Waals surface area contributed by atoms with E-state index in [-0.39, 0.29) is 17.8 Å². The van der Waals surface area contributed by atoms with E-state index in [4.69, 9.17) is 4.74 Å². The number of hydrogen-bond acceptors (Lipinski definition) is 2. The zero-order valence-electron chi connectivity index (χ0n) is 13.3. The molecule has 2 rings (SSSR count). The molecule has 0 aliphatic rings. The molecule has 0 aliphatic carbocycles. The van der Waals surface area contributed by atoms with Crippen LogP contribution in [0, 0.1) is 19.7 Å². The van der Waals surface area contributed by atoms with Crippen molar-refractivity contribution in [2.45, 2.75) is 26.8 Å². The van der Waals surface area contributed by atoms with Crippen molar-refractivity contribution in [1.82, 2.24) is 9.88 Å². The first-order valence-corrected chi connectivity index (χ1v) is 7.18. The maximum Gasteiger partial charge on any atom is 0.253 e. The van der Waals surface area contributed by atoms with Crippen molar-refractivity contribution < 1.29 is 13.9 Å². The quantitative estimate of drug-likeness (QED) is 0.923. The maximum atomic E-state index is 13.1. The summed E-state index contributed by atoms with van der Waals surface area (Å²) in [6, 6.07) is 8.00. The number of methoxy groups -OCH3 is 1. The fourth-order valence-corrected chi connectivity index (χ4v) is 2.57. The lowest BCUT2D eigenvalue weighted by atomic mass is 10.2. The predicted octanol–water partition coefficient (Wildman–Crippen LogP) is 3.00. The number of carbonyl (C=O) groups excluding carboxylic acids is 1. The van der Waals surface area contributed by atoms with Crippen molar-refractivity contribution in [3.8, 4) is 5.69 Å². The molecule has 0 unspecified atom stereocenters. The average molecular weight is 304 g/mol. The second-order valence-corrected chi connectivity index (χ2v) is 5.43. The third-order valence-electron chi connectivity index (χ3n) is 3.55. The van der Waals surface area contributed by atoms with Crippen LogP contribution in [0.2, 0.25) is 0 Å². The molecular formula is C17H21FN2O2. The lowest BCUT2D eigenvalue weighted by Crippen LogP contribution is -2.35. The van der Waals surface area contributed by atoms with Gasteiger partial charge in [-0.2, -0.15) is 0 Å². The topological polar surface area (TPSA) is 43.3 Å². The van der Waals surface area contributed by atoms with Crippen LogP contribution in [0.25, 0.3) is 5.69 Å². The lowest BCUT2D eigenvalue weighted by Gasteiger charge is -2.13. The van der Waals surface area contributed by atoms with E-state index in [0.717, 1.165) is 17.1 Å². The smallest absolute Gasteiger partial charge is 0.253 e. The van der Waals surface area contributed by atoms with E-state index in [1.165, 1.54) is 12.1 Å². The Morgan fingerprint density at radius 2 is 1.95 bits per heavy atom. The largest absolute Gasteiger partial charge is 0.383 e. The Hall–Kier alpha value is -2.14. The second-order valence-electron chi connectivity index (χ2n) is 5.43. The molecule has 118 valence electrons. The number of carbonyl (C=O) groups is 1. The molecule has 0 saturated heterocycles. The predicted molar refractivity (Wildman–Crippen MR) is 84.0 cm³/mol. The number of rotatable bonds is 5. The van der Waals surface area contributed by atoms with E-state index in [9.17, 15) is 9.18 Å². The molecule has 1 aromatic heterocycles. The minimum atomic E-state index is -0.280. The SMILES string of the molecule is COC[C@@H](C)NC(=O)c1cc(C)n(-c2ccc(F)cc2)c1C. The molecule has 4 nitrogen and oxygen atoms in total. The van der Waals surface area contributed by atoms with Crippen molar-refractivity contribution in [2.75, 3.05) is 13.7 Å². The third kappa shape index (κ3) is 3.36. The van der Waals surface area contributed by atoms with Crippen LogP contribution < -0.4 is 5.32 Å². The van der Waals surface area contributed by atoms with E-state index >= 15 is 0 Å². The van der Waals surface area contributed by atoms with Crippen molar-refractivity contribution in [1.29, 1.82) is 0 Å². The summed E-state index contributed by atoms with van der Waals surface area (Å²) in [5.41, 5.74) is 3.20.